The standard InChI is InChI=1S/C19H28F7NO7S/c1-4-7-11-27(12-8-5-2)15(29)17(18(22,23)24,34-14(28)6-3)33-13-9-10-16(20,21)19(25,26)35(30,31)32/h6H,3-5,7-13H2,1-2H3,(H,30,31,32)/p-1. The molecule has 0 aliphatic rings. The number of carbonyl (C=O) groups excluding carboxylic acids is 2. The monoisotopic (exact) mass is 546 g/mol. The van der Waals surface area contributed by atoms with Gasteiger partial charge in [0.05, 0.1) is 6.61 Å². The van der Waals surface area contributed by atoms with Crippen molar-refractivity contribution in [3.63, 3.8) is 0 Å². The maximum absolute atomic E-state index is 14.1. The molecular weight excluding hydrogens is 519 g/mol. The second kappa shape index (κ2) is 12.9. The summed E-state index contributed by atoms with van der Waals surface area (Å²) >= 11 is 0. The highest BCUT2D eigenvalue weighted by Gasteiger charge is 2.67. The maximum Gasteiger partial charge on any atom is 0.466 e. The summed E-state index contributed by atoms with van der Waals surface area (Å²) in [7, 11) is -6.81. The van der Waals surface area contributed by atoms with Crippen molar-refractivity contribution in [2.75, 3.05) is 19.7 Å². The van der Waals surface area contributed by atoms with Gasteiger partial charge in [0.2, 0.25) is 0 Å². The Labute approximate surface area is 198 Å². The van der Waals surface area contributed by atoms with Crippen LogP contribution in [0.25, 0.3) is 0 Å². The Morgan fingerprint density at radius 2 is 1.46 bits per heavy atom. The number of ether oxygens (including phenoxy) is 2. The summed E-state index contributed by atoms with van der Waals surface area (Å²) < 4.78 is 136. The van der Waals surface area contributed by atoms with Gasteiger partial charge in [0.25, 0.3) is 0 Å². The molecule has 0 radical (unpaired) electrons. The number of amides is 1. The average Bonchev–Trinajstić information content (AvgIpc) is 2.73. The molecular formula is C19H27F7NO7S-. The molecule has 0 aliphatic carbocycles. The zero-order valence-corrected chi connectivity index (χ0v) is 19.8. The molecule has 0 saturated carbocycles. The first-order valence-corrected chi connectivity index (χ1v) is 11.8. The van der Waals surface area contributed by atoms with Crippen LogP contribution in [0.1, 0.15) is 52.4 Å². The molecule has 0 aromatic heterocycles. The predicted octanol–water partition coefficient (Wildman–Crippen LogP) is 3.97. The Kier molecular flexibility index (Phi) is 12.1. The van der Waals surface area contributed by atoms with Gasteiger partial charge in [0.15, 0.2) is 10.1 Å². The molecule has 16 heteroatoms. The third kappa shape index (κ3) is 8.31. The first kappa shape index (κ1) is 33.1. The Bertz CT molecular complexity index is 826. The van der Waals surface area contributed by atoms with Crippen molar-refractivity contribution in [2.24, 2.45) is 0 Å². The van der Waals surface area contributed by atoms with Crippen molar-refractivity contribution in [2.45, 2.75) is 75.5 Å². The zero-order valence-electron chi connectivity index (χ0n) is 19.0. The fourth-order valence-corrected chi connectivity index (χ4v) is 3.11. The maximum atomic E-state index is 14.1. The topological polar surface area (TPSA) is 113 Å². The van der Waals surface area contributed by atoms with Crippen LogP contribution < -0.4 is 0 Å². The summed E-state index contributed by atoms with van der Waals surface area (Å²) in [6, 6.07) is 0. The number of alkyl halides is 7. The summed E-state index contributed by atoms with van der Waals surface area (Å²) in [5, 5.41) is -6.05. The van der Waals surface area contributed by atoms with Crippen LogP contribution in [0.5, 0.6) is 0 Å². The van der Waals surface area contributed by atoms with Crippen molar-refractivity contribution >= 4 is 22.0 Å². The third-order valence-corrected chi connectivity index (χ3v) is 5.52. The van der Waals surface area contributed by atoms with E-state index in [4.69, 9.17) is 0 Å². The normalized spacial score (nSPS) is 14.8. The second-order valence-corrected chi connectivity index (χ2v) is 8.79. The van der Waals surface area contributed by atoms with Gasteiger partial charge in [0.1, 0.15) is 0 Å². The van der Waals surface area contributed by atoms with E-state index < -0.39 is 64.6 Å². The lowest BCUT2D eigenvalue weighted by Crippen LogP contribution is -2.62. The number of hydrogen-bond acceptors (Lipinski definition) is 7. The molecule has 0 N–H and O–H groups in total. The van der Waals surface area contributed by atoms with E-state index in [1.165, 1.54) is 0 Å². The summed E-state index contributed by atoms with van der Waals surface area (Å²) in [5.74, 6) is -13.4. The Morgan fingerprint density at radius 3 is 1.83 bits per heavy atom. The minimum absolute atomic E-state index is 0.201. The van der Waals surface area contributed by atoms with Crippen LogP contribution in [-0.4, -0.2) is 72.6 Å². The molecule has 0 spiro atoms. The van der Waals surface area contributed by atoms with Gasteiger partial charge in [-0.3, -0.25) is 4.79 Å². The Balaban J connectivity index is 6.05. The van der Waals surface area contributed by atoms with Crippen LogP contribution in [0, 0.1) is 0 Å². The van der Waals surface area contributed by atoms with Crippen LogP contribution >= 0.6 is 0 Å². The van der Waals surface area contributed by atoms with Crippen molar-refractivity contribution in [3.8, 4) is 0 Å². The first-order chi connectivity index (χ1) is 15.8. The van der Waals surface area contributed by atoms with E-state index in [1.807, 2.05) is 0 Å². The van der Waals surface area contributed by atoms with Gasteiger partial charge in [-0.15, -0.1) is 0 Å². The van der Waals surface area contributed by atoms with Gasteiger partial charge in [-0.05, 0) is 19.3 Å². The third-order valence-electron chi connectivity index (χ3n) is 4.60. The summed E-state index contributed by atoms with van der Waals surface area (Å²) in [4.78, 5) is 25.3. The van der Waals surface area contributed by atoms with Crippen molar-refractivity contribution in [1.82, 2.24) is 4.90 Å². The minimum Gasteiger partial charge on any atom is -0.743 e. The highest BCUT2D eigenvalue weighted by molar-refractivity contribution is 7.86. The largest absolute Gasteiger partial charge is 0.743 e. The van der Waals surface area contributed by atoms with E-state index in [0.29, 0.717) is 17.7 Å². The quantitative estimate of drug-likeness (QED) is 0.0719. The van der Waals surface area contributed by atoms with Crippen molar-refractivity contribution < 1.29 is 62.8 Å². The van der Waals surface area contributed by atoms with Crippen LogP contribution in [0.3, 0.4) is 0 Å². The highest BCUT2D eigenvalue weighted by atomic mass is 32.2. The number of carbonyl (C=O) groups is 2. The van der Waals surface area contributed by atoms with E-state index in [9.17, 15) is 53.3 Å². The van der Waals surface area contributed by atoms with Crippen LogP contribution in [0.2, 0.25) is 0 Å². The molecule has 0 rings (SSSR count). The number of rotatable bonds is 16. The lowest BCUT2D eigenvalue weighted by atomic mass is 10.1. The molecule has 1 atom stereocenters. The van der Waals surface area contributed by atoms with Crippen LogP contribution in [0.15, 0.2) is 12.7 Å². The molecule has 1 amide bonds. The lowest BCUT2D eigenvalue weighted by Gasteiger charge is -2.37. The molecule has 0 bridgehead atoms. The molecule has 0 fully saturated rings. The number of esters is 1. The smallest absolute Gasteiger partial charge is 0.466 e. The average molecular weight is 546 g/mol. The fourth-order valence-electron chi connectivity index (χ4n) is 2.64. The summed E-state index contributed by atoms with van der Waals surface area (Å²) in [5.41, 5.74) is 0. The molecule has 0 aromatic carbocycles. The predicted molar refractivity (Wildman–Crippen MR) is 106 cm³/mol. The van der Waals surface area contributed by atoms with Crippen LogP contribution in [0.4, 0.5) is 30.7 Å². The van der Waals surface area contributed by atoms with Crippen LogP contribution in [-0.2, 0) is 29.2 Å². The number of halogens is 7. The zero-order chi connectivity index (χ0) is 27.7. The van der Waals surface area contributed by atoms with E-state index >= 15 is 0 Å². The first-order valence-electron chi connectivity index (χ1n) is 10.4. The molecule has 0 aromatic rings. The SMILES string of the molecule is C=CC(=O)OC(OCCCC(F)(F)C(F)(F)S(=O)(=O)[O-])(C(=O)N(CCCC)CCCC)C(F)(F)F. The van der Waals surface area contributed by atoms with Crippen molar-refractivity contribution in [1.29, 1.82) is 0 Å². The van der Waals surface area contributed by atoms with E-state index in [-0.39, 0.29) is 32.0 Å². The van der Waals surface area contributed by atoms with Gasteiger partial charge >= 0.3 is 35.0 Å². The molecule has 0 saturated heterocycles. The van der Waals surface area contributed by atoms with E-state index in [0.717, 1.165) is 0 Å². The molecule has 35 heavy (non-hydrogen) atoms. The molecule has 0 heterocycles. The number of unbranched alkanes of at least 4 members (excludes halogenated alkanes) is 2. The summed E-state index contributed by atoms with van der Waals surface area (Å²) in [6.07, 6.45) is -7.50. The number of hydrogen-bond donors (Lipinski definition) is 0. The minimum atomic E-state index is -6.81. The van der Waals surface area contributed by atoms with Crippen molar-refractivity contribution in [3.05, 3.63) is 12.7 Å². The van der Waals surface area contributed by atoms with E-state index in [1.54, 1.807) is 13.8 Å². The van der Waals surface area contributed by atoms with Gasteiger partial charge in [-0.25, -0.2) is 13.2 Å². The van der Waals surface area contributed by atoms with Gasteiger partial charge in [0, 0.05) is 25.6 Å². The van der Waals surface area contributed by atoms with E-state index in [2.05, 4.69) is 16.1 Å². The highest BCUT2D eigenvalue weighted by Crippen LogP contribution is 2.42. The van der Waals surface area contributed by atoms with Gasteiger partial charge < -0.3 is 18.9 Å². The molecule has 206 valence electrons. The molecule has 8 nitrogen and oxygen atoms in total. The lowest BCUT2D eigenvalue weighted by molar-refractivity contribution is -0.350. The van der Waals surface area contributed by atoms with Gasteiger partial charge in [-0.2, -0.15) is 30.7 Å². The Morgan fingerprint density at radius 1 is 0.971 bits per heavy atom. The fraction of sp³-hybridized carbons (Fsp3) is 0.789. The second-order valence-electron chi connectivity index (χ2n) is 7.37. The Hall–Kier alpha value is -1.94. The number of nitrogens with zero attached hydrogens (tertiary/aromatic N) is 1. The molecule has 1 unspecified atom stereocenters. The summed E-state index contributed by atoms with van der Waals surface area (Å²) in [6.45, 7) is 4.38. The van der Waals surface area contributed by atoms with Gasteiger partial charge in [-0.1, -0.05) is 33.3 Å². The molecule has 0 aliphatic heterocycles.